The molecule has 0 aromatic heterocycles. The van der Waals surface area contributed by atoms with Crippen LogP contribution in [0.2, 0.25) is 0 Å². The summed E-state index contributed by atoms with van der Waals surface area (Å²) >= 11 is 0. The third-order valence-electron chi connectivity index (χ3n) is 4.14. The summed E-state index contributed by atoms with van der Waals surface area (Å²) in [5, 5.41) is 0. The first kappa shape index (κ1) is 12.2. The molecule has 0 spiro atoms. The SMILES string of the molecule is COc1cccc(C2(N)CC(c3ccccc3)C2)c1. The molecule has 1 saturated carbocycles. The lowest BCUT2D eigenvalue weighted by atomic mass is 9.63. The Morgan fingerprint density at radius 2 is 1.79 bits per heavy atom. The molecule has 98 valence electrons. The molecule has 0 unspecified atom stereocenters. The van der Waals surface area contributed by atoms with Crippen LogP contribution in [-0.2, 0) is 5.54 Å². The normalized spacial score (nSPS) is 25.7. The number of rotatable bonds is 3. The Morgan fingerprint density at radius 3 is 2.47 bits per heavy atom. The first-order valence-electron chi connectivity index (χ1n) is 6.70. The Bertz CT molecular complexity index is 558. The minimum absolute atomic E-state index is 0.199. The molecule has 2 heteroatoms. The molecule has 1 aliphatic rings. The van der Waals surface area contributed by atoms with E-state index in [1.165, 1.54) is 11.1 Å². The fraction of sp³-hybridized carbons (Fsp3) is 0.294. The number of methoxy groups -OCH3 is 1. The summed E-state index contributed by atoms with van der Waals surface area (Å²) < 4.78 is 5.27. The van der Waals surface area contributed by atoms with Gasteiger partial charge in [-0.25, -0.2) is 0 Å². The number of ether oxygens (including phenoxy) is 1. The van der Waals surface area contributed by atoms with Gasteiger partial charge in [0.1, 0.15) is 5.75 Å². The molecule has 1 fully saturated rings. The maximum absolute atomic E-state index is 6.52. The quantitative estimate of drug-likeness (QED) is 0.909. The topological polar surface area (TPSA) is 35.2 Å². The second-order valence-electron chi connectivity index (χ2n) is 5.40. The molecule has 0 atom stereocenters. The zero-order valence-corrected chi connectivity index (χ0v) is 11.2. The highest BCUT2D eigenvalue weighted by molar-refractivity contribution is 5.37. The van der Waals surface area contributed by atoms with Gasteiger partial charge in [0.05, 0.1) is 7.11 Å². The van der Waals surface area contributed by atoms with Crippen molar-refractivity contribution in [2.45, 2.75) is 24.3 Å². The van der Waals surface area contributed by atoms with Gasteiger partial charge in [0, 0.05) is 5.54 Å². The van der Waals surface area contributed by atoms with Gasteiger partial charge < -0.3 is 10.5 Å². The smallest absolute Gasteiger partial charge is 0.119 e. The summed E-state index contributed by atoms with van der Waals surface area (Å²) in [4.78, 5) is 0. The van der Waals surface area contributed by atoms with Gasteiger partial charge in [-0.2, -0.15) is 0 Å². The van der Waals surface area contributed by atoms with Crippen LogP contribution in [0.5, 0.6) is 5.75 Å². The minimum Gasteiger partial charge on any atom is -0.497 e. The van der Waals surface area contributed by atoms with Crippen LogP contribution in [0, 0.1) is 0 Å². The molecule has 2 aromatic carbocycles. The van der Waals surface area contributed by atoms with Gasteiger partial charge in [0.2, 0.25) is 0 Å². The molecular weight excluding hydrogens is 234 g/mol. The maximum atomic E-state index is 6.52. The first-order chi connectivity index (χ1) is 9.21. The van der Waals surface area contributed by atoms with Gasteiger partial charge >= 0.3 is 0 Å². The number of hydrogen-bond donors (Lipinski definition) is 1. The summed E-state index contributed by atoms with van der Waals surface area (Å²) in [5.74, 6) is 1.46. The zero-order chi connectivity index (χ0) is 13.3. The molecule has 2 aromatic rings. The van der Waals surface area contributed by atoms with E-state index in [0.717, 1.165) is 18.6 Å². The van der Waals surface area contributed by atoms with Crippen LogP contribution >= 0.6 is 0 Å². The molecular formula is C17H19NO. The van der Waals surface area contributed by atoms with E-state index < -0.39 is 0 Å². The Balaban J connectivity index is 1.77. The van der Waals surface area contributed by atoms with Crippen molar-refractivity contribution in [1.82, 2.24) is 0 Å². The Kier molecular flexibility index (Phi) is 3.03. The Labute approximate surface area is 114 Å². The van der Waals surface area contributed by atoms with E-state index in [-0.39, 0.29) is 5.54 Å². The summed E-state index contributed by atoms with van der Waals surface area (Å²) in [5.41, 5.74) is 8.90. The maximum Gasteiger partial charge on any atom is 0.119 e. The van der Waals surface area contributed by atoms with Gasteiger partial charge in [0.25, 0.3) is 0 Å². The molecule has 0 radical (unpaired) electrons. The summed E-state index contributed by atoms with van der Waals surface area (Å²) in [7, 11) is 1.69. The Hall–Kier alpha value is -1.80. The zero-order valence-electron chi connectivity index (χ0n) is 11.2. The second-order valence-corrected chi connectivity index (χ2v) is 5.40. The van der Waals surface area contributed by atoms with Crippen molar-refractivity contribution in [2.24, 2.45) is 5.73 Å². The van der Waals surface area contributed by atoms with Crippen molar-refractivity contribution < 1.29 is 4.74 Å². The molecule has 2 nitrogen and oxygen atoms in total. The second kappa shape index (κ2) is 4.71. The lowest BCUT2D eigenvalue weighted by Crippen LogP contribution is -2.47. The molecule has 1 aliphatic carbocycles. The highest BCUT2D eigenvalue weighted by atomic mass is 16.5. The third-order valence-corrected chi connectivity index (χ3v) is 4.14. The molecule has 0 amide bonds. The molecule has 2 N–H and O–H groups in total. The van der Waals surface area contributed by atoms with Crippen molar-refractivity contribution in [3.8, 4) is 5.75 Å². The van der Waals surface area contributed by atoms with Crippen LogP contribution in [0.25, 0.3) is 0 Å². The van der Waals surface area contributed by atoms with Crippen molar-refractivity contribution in [2.75, 3.05) is 7.11 Å². The molecule has 19 heavy (non-hydrogen) atoms. The third kappa shape index (κ3) is 2.24. The number of nitrogens with two attached hydrogens (primary N) is 1. The highest BCUT2D eigenvalue weighted by Crippen LogP contribution is 2.49. The first-order valence-corrected chi connectivity index (χ1v) is 6.70. The largest absolute Gasteiger partial charge is 0.497 e. The van der Waals surface area contributed by atoms with E-state index in [2.05, 4.69) is 42.5 Å². The molecule has 0 saturated heterocycles. The predicted octanol–water partition coefficient (Wildman–Crippen LogP) is 3.43. The number of benzene rings is 2. The lowest BCUT2D eigenvalue weighted by Gasteiger charge is -2.45. The average molecular weight is 253 g/mol. The molecule has 0 heterocycles. The highest BCUT2D eigenvalue weighted by Gasteiger charge is 2.42. The monoisotopic (exact) mass is 253 g/mol. The van der Waals surface area contributed by atoms with Crippen LogP contribution in [-0.4, -0.2) is 7.11 Å². The fourth-order valence-corrected chi connectivity index (χ4v) is 2.95. The van der Waals surface area contributed by atoms with Crippen LogP contribution in [0.3, 0.4) is 0 Å². The van der Waals surface area contributed by atoms with Gasteiger partial charge in [-0.3, -0.25) is 0 Å². The number of hydrogen-bond acceptors (Lipinski definition) is 2. The van der Waals surface area contributed by atoms with Crippen molar-refractivity contribution in [3.63, 3.8) is 0 Å². The molecule has 3 rings (SSSR count). The standard InChI is InChI=1S/C17H19NO/c1-19-16-9-5-8-15(10-16)17(18)11-14(12-17)13-6-3-2-4-7-13/h2-10,14H,11-12,18H2,1H3. The van der Waals surface area contributed by atoms with E-state index in [4.69, 9.17) is 10.5 Å². The van der Waals surface area contributed by atoms with Crippen LogP contribution in [0.15, 0.2) is 54.6 Å². The molecule has 0 aliphatic heterocycles. The minimum atomic E-state index is -0.199. The van der Waals surface area contributed by atoms with Crippen molar-refractivity contribution >= 4 is 0 Å². The fourth-order valence-electron chi connectivity index (χ4n) is 2.95. The van der Waals surface area contributed by atoms with E-state index in [1.807, 2.05) is 12.1 Å². The Morgan fingerprint density at radius 1 is 1.05 bits per heavy atom. The van der Waals surface area contributed by atoms with Crippen LogP contribution in [0.4, 0.5) is 0 Å². The lowest BCUT2D eigenvalue weighted by molar-refractivity contribution is 0.208. The summed E-state index contributed by atoms with van der Waals surface area (Å²) in [6.07, 6.45) is 2.01. The summed E-state index contributed by atoms with van der Waals surface area (Å²) in [6.45, 7) is 0. The van der Waals surface area contributed by atoms with Crippen LogP contribution < -0.4 is 10.5 Å². The summed E-state index contributed by atoms with van der Waals surface area (Å²) in [6, 6.07) is 18.8. The predicted molar refractivity (Wildman–Crippen MR) is 77.3 cm³/mol. The van der Waals surface area contributed by atoms with E-state index in [9.17, 15) is 0 Å². The van der Waals surface area contributed by atoms with Crippen molar-refractivity contribution in [1.29, 1.82) is 0 Å². The van der Waals surface area contributed by atoms with Crippen molar-refractivity contribution in [3.05, 3.63) is 65.7 Å². The van der Waals surface area contributed by atoms with Crippen LogP contribution in [0.1, 0.15) is 29.9 Å². The van der Waals surface area contributed by atoms with Gasteiger partial charge in [0.15, 0.2) is 0 Å². The van der Waals surface area contributed by atoms with Gasteiger partial charge in [-0.1, -0.05) is 42.5 Å². The van der Waals surface area contributed by atoms with Gasteiger partial charge in [-0.15, -0.1) is 0 Å². The van der Waals surface area contributed by atoms with E-state index >= 15 is 0 Å². The molecule has 0 bridgehead atoms. The van der Waals surface area contributed by atoms with Gasteiger partial charge in [-0.05, 0) is 42.0 Å². The van der Waals surface area contributed by atoms with E-state index in [1.54, 1.807) is 7.11 Å². The average Bonchev–Trinajstić information content (AvgIpc) is 2.45. The van der Waals surface area contributed by atoms with E-state index in [0.29, 0.717) is 5.92 Å².